The van der Waals surface area contributed by atoms with E-state index in [0.29, 0.717) is 31.5 Å². The quantitative estimate of drug-likeness (QED) is 0.711. The van der Waals surface area contributed by atoms with Crippen LogP contribution < -0.4 is 10.2 Å². The molecule has 4 rings (SSSR count). The molecule has 1 aliphatic heterocycles. The molecule has 28 heavy (non-hydrogen) atoms. The molecule has 3 aromatic rings. The van der Waals surface area contributed by atoms with Crippen molar-refractivity contribution in [1.82, 2.24) is 10.2 Å². The number of para-hydroxylation sites is 1. The first-order valence-electron chi connectivity index (χ1n) is 9.21. The number of hydrogen-bond donors (Lipinski definition) is 2. The molecule has 0 bridgehead atoms. The number of amides is 1. The molecule has 1 aliphatic rings. The van der Waals surface area contributed by atoms with E-state index in [1.165, 1.54) is 12.4 Å². The number of H-pyrrole nitrogens is 1. The molecule has 1 amide bonds. The van der Waals surface area contributed by atoms with Crippen LogP contribution in [0.25, 0.3) is 11.1 Å². The first kappa shape index (κ1) is 18.2. The van der Waals surface area contributed by atoms with E-state index in [1.54, 1.807) is 17.0 Å². The van der Waals surface area contributed by atoms with Crippen molar-refractivity contribution in [3.8, 4) is 11.1 Å². The van der Waals surface area contributed by atoms with E-state index >= 15 is 0 Å². The second-order valence-electron chi connectivity index (χ2n) is 6.86. The summed E-state index contributed by atoms with van der Waals surface area (Å²) in [4.78, 5) is 14.2. The van der Waals surface area contributed by atoms with Crippen LogP contribution >= 0.6 is 0 Å². The highest BCUT2D eigenvalue weighted by Crippen LogP contribution is 2.32. The summed E-state index contributed by atoms with van der Waals surface area (Å²) in [6, 6.07) is 12.4. The van der Waals surface area contributed by atoms with Gasteiger partial charge in [-0.05, 0) is 37.1 Å². The summed E-state index contributed by atoms with van der Waals surface area (Å²) < 4.78 is 29.2. The zero-order valence-corrected chi connectivity index (χ0v) is 15.2. The Balaban J connectivity index is 1.42. The number of anilines is 2. The van der Waals surface area contributed by atoms with E-state index in [0.717, 1.165) is 5.69 Å². The Kier molecular flexibility index (Phi) is 5.06. The van der Waals surface area contributed by atoms with Crippen LogP contribution in [0.2, 0.25) is 0 Å². The van der Waals surface area contributed by atoms with Crippen LogP contribution in [0.3, 0.4) is 0 Å². The van der Waals surface area contributed by atoms with Crippen LogP contribution in [-0.4, -0.2) is 29.2 Å². The maximum absolute atomic E-state index is 14.7. The van der Waals surface area contributed by atoms with E-state index in [-0.39, 0.29) is 23.1 Å². The van der Waals surface area contributed by atoms with Crippen LogP contribution in [0.5, 0.6) is 0 Å². The first-order valence-corrected chi connectivity index (χ1v) is 9.21. The Bertz CT molecular complexity index is 952. The molecule has 2 N–H and O–H groups in total. The minimum atomic E-state index is -0.886. The number of rotatable bonds is 4. The minimum Gasteiger partial charge on any atom is -0.369 e. The van der Waals surface area contributed by atoms with Gasteiger partial charge in [-0.3, -0.25) is 9.89 Å². The predicted molar refractivity (Wildman–Crippen MR) is 104 cm³/mol. The van der Waals surface area contributed by atoms with Gasteiger partial charge < -0.3 is 10.2 Å². The fourth-order valence-electron chi connectivity index (χ4n) is 3.55. The first-order chi connectivity index (χ1) is 13.6. The fraction of sp³-hybridized carbons (Fsp3) is 0.238. The minimum absolute atomic E-state index is 0.0344. The van der Waals surface area contributed by atoms with E-state index < -0.39 is 11.6 Å². The van der Waals surface area contributed by atoms with Gasteiger partial charge in [0, 0.05) is 42.0 Å². The number of piperidine rings is 1. The molecule has 7 heteroatoms. The Morgan fingerprint density at radius 1 is 1.07 bits per heavy atom. The number of nitrogens with one attached hydrogen (secondary N) is 2. The summed E-state index contributed by atoms with van der Waals surface area (Å²) in [6.07, 6.45) is 4.15. The molecule has 1 aromatic heterocycles. The highest BCUT2D eigenvalue weighted by molar-refractivity contribution is 5.92. The average Bonchev–Trinajstić information content (AvgIpc) is 3.25. The predicted octanol–water partition coefficient (Wildman–Crippen LogP) is 4.21. The molecular weight excluding hydrogens is 362 g/mol. The number of aromatic amines is 1. The Morgan fingerprint density at radius 3 is 2.50 bits per heavy atom. The van der Waals surface area contributed by atoms with E-state index in [2.05, 4.69) is 15.5 Å². The van der Waals surface area contributed by atoms with Gasteiger partial charge in [0.25, 0.3) is 0 Å². The molecule has 5 nitrogen and oxygen atoms in total. The molecule has 0 saturated carbocycles. The van der Waals surface area contributed by atoms with Gasteiger partial charge in [0.2, 0.25) is 5.91 Å². The third-order valence-corrected chi connectivity index (χ3v) is 5.12. The number of carbonyl (C=O) groups excluding carboxylic acids is 1. The van der Waals surface area contributed by atoms with Gasteiger partial charge in [0.15, 0.2) is 11.6 Å². The zero-order valence-electron chi connectivity index (χ0n) is 15.2. The third-order valence-electron chi connectivity index (χ3n) is 5.12. The lowest BCUT2D eigenvalue weighted by Gasteiger charge is -2.33. The van der Waals surface area contributed by atoms with Gasteiger partial charge in [0.05, 0.1) is 11.9 Å². The SMILES string of the molecule is O=C(Nc1ccccc1)C1CCN(c2ccc(-c3cn[nH]c3)c(F)c2F)CC1. The monoisotopic (exact) mass is 382 g/mol. The van der Waals surface area contributed by atoms with Crippen molar-refractivity contribution in [3.05, 3.63) is 66.5 Å². The Morgan fingerprint density at radius 2 is 1.82 bits per heavy atom. The smallest absolute Gasteiger partial charge is 0.227 e. The lowest BCUT2D eigenvalue weighted by molar-refractivity contribution is -0.120. The van der Waals surface area contributed by atoms with E-state index in [1.807, 2.05) is 30.3 Å². The summed E-state index contributed by atoms with van der Waals surface area (Å²) in [5.74, 6) is -1.93. The molecule has 0 radical (unpaired) electrons. The van der Waals surface area contributed by atoms with E-state index in [4.69, 9.17) is 0 Å². The van der Waals surface area contributed by atoms with Crippen molar-refractivity contribution in [2.45, 2.75) is 12.8 Å². The maximum atomic E-state index is 14.7. The van der Waals surface area contributed by atoms with Gasteiger partial charge in [-0.25, -0.2) is 8.78 Å². The topological polar surface area (TPSA) is 61.0 Å². The Labute approximate surface area is 161 Å². The standard InChI is InChI=1S/C21H20F2N4O/c22-19-17(15-12-24-25-13-15)6-7-18(20(19)23)27-10-8-14(9-11-27)21(28)26-16-4-2-1-3-5-16/h1-7,12-14H,8-11H2,(H,24,25)(H,26,28). The molecule has 1 saturated heterocycles. The number of hydrogen-bond acceptors (Lipinski definition) is 3. The van der Waals surface area contributed by atoms with Crippen molar-refractivity contribution in [2.75, 3.05) is 23.3 Å². The second-order valence-corrected chi connectivity index (χ2v) is 6.86. The lowest BCUT2D eigenvalue weighted by Crippen LogP contribution is -2.38. The zero-order chi connectivity index (χ0) is 19.5. The molecule has 144 valence electrons. The molecule has 1 fully saturated rings. The molecule has 2 heterocycles. The van der Waals surface area contributed by atoms with E-state index in [9.17, 15) is 13.6 Å². The maximum Gasteiger partial charge on any atom is 0.227 e. The summed E-state index contributed by atoms with van der Waals surface area (Å²) in [5, 5.41) is 9.28. The fourth-order valence-corrected chi connectivity index (χ4v) is 3.55. The van der Waals surface area contributed by atoms with Crippen molar-refractivity contribution in [3.63, 3.8) is 0 Å². The van der Waals surface area contributed by atoms with Crippen LogP contribution in [0.1, 0.15) is 12.8 Å². The molecule has 0 aliphatic carbocycles. The van der Waals surface area contributed by atoms with Crippen molar-refractivity contribution in [2.24, 2.45) is 5.92 Å². The van der Waals surface area contributed by atoms with Gasteiger partial charge in [-0.1, -0.05) is 18.2 Å². The van der Waals surface area contributed by atoms with Gasteiger partial charge in [-0.15, -0.1) is 0 Å². The van der Waals surface area contributed by atoms with Crippen LogP contribution in [0, 0.1) is 17.6 Å². The Hall–Kier alpha value is -3.22. The van der Waals surface area contributed by atoms with Crippen LogP contribution in [0.4, 0.5) is 20.2 Å². The highest BCUT2D eigenvalue weighted by atomic mass is 19.2. The number of halogens is 2. The van der Waals surface area contributed by atoms with Gasteiger partial charge >= 0.3 is 0 Å². The summed E-state index contributed by atoms with van der Waals surface area (Å²) in [5.41, 5.74) is 1.66. The normalized spacial score (nSPS) is 14.9. The molecule has 0 atom stereocenters. The van der Waals surface area contributed by atoms with Crippen LogP contribution in [-0.2, 0) is 4.79 Å². The average molecular weight is 382 g/mol. The second kappa shape index (κ2) is 7.80. The summed E-state index contributed by atoms with van der Waals surface area (Å²) >= 11 is 0. The van der Waals surface area contributed by atoms with Crippen molar-refractivity contribution >= 4 is 17.3 Å². The van der Waals surface area contributed by atoms with Gasteiger partial charge in [0.1, 0.15) is 0 Å². The van der Waals surface area contributed by atoms with Crippen molar-refractivity contribution < 1.29 is 13.6 Å². The molecule has 0 spiro atoms. The molecular formula is C21H20F2N4O. The third kappa shape index (κ3) is 3.60. The molecule has 2 aromatic carbocycles. The van der Waals surface area contributed by atoms with Crippen molar-refractivity contribution in [1.29, 1.82) is 0 Å². The van der Waals surface area contributed by atoms with Crippen LogP contribution in [0.15, 0.2) is 54.9 Å². The summed E-state index contributed by atoms with van der Waals surface area (Å²) in [6.45, 7) is 0.989. The summed E-state index contributed by atoms with van der Waals surface area (Å²) in [7, 11) is 0. The number of benzene rings is 2. The highest BCUT2D eigenvalue weighted by Gasteiger charge is 2.27. The van der Waals surface area contributed by atoms with Gasteiger partial charge in [-0.2, -0.15) is 5.10 Å². The number of nitrogens with zero attached hydrogens (tertiary/aromatic N) is 2. The largest absolute Gasteiger partial charge is 0.369 e. The number of aromatic nitrogens is 2. The molecule has 0 unspecified atom stereocenters. The lowest BCUT2D eigenvalue weighted by atomic mass is 9.95. The number of carbonyl (C=O) groups is 1.